The second-order valence-electron chi connectivity index (χ2n) is 7.48. The molecule has 5 heteroatoms. The summed E-state index contributed by atoms with van der Waals surface area (Å²) in [6.07, 6.45) is 6.46. The molecule has 0 unspecified atom stereocenters. The van der Waals surface area contributed by atoms with Crippen LogP contribution in [0.3, 0.4) is 0 Å². The van der Waals surface area contributed by atoms with Crippen molar-refractivity contribution >= 4 is 33.1 Å². The average molecular weight is 418 g/mol. The molecule has 30 heavy (non-hydrogen) atoms. The summed E-state index contributed by atoms with van der Waals surface area (Å²) in [5.74, 6) is 1.73. The fourth-order valence-electron chi connectivity index (χ4n) is 3.41. The van der Waals surface area contributed by atoms with Gasteiger partial charge >= 0.3 is 0 Å². The van der Waals surface area contributed by atoms with Crippen molar-refractivity contribution in [2.24, 2.45) is 0 Å². The molecule has 4 aromatic rings. The van der Waals surface area contributed by atoms with Crippen molar-refractivity contribution in [3.63, 3.8) is 0 Å². The molecule has 0 aliphatic heterocycles. The zero-order valence-corrected chi connectivity index (χ0v) is 18.3. The standard InChI is InChI=1S/C25H27N3OS/c1-3-4-5-6-15-29-21-13-11-20(12-14-21)28-24-23-22(16-30-25(23)27-17-26-24)19-9-7-18(2)8-10-19/h7-14,16-17H,3-6,15H2,1-2H3,(H,26,27,28). The molecule has 4 nitrogen and oxygen atoms in total. The van der Waals surface area contributed by atoms with E-state index in [1.165, 1.54) is 30.4 Å². The summed E-state index contributed by atoms with van der Waals surface area (Å²) in [4.78, 5) is 9.98. The van der Waals surface area contributed by atoms with Crippen molar-refractivity contribution in [2.75, 3.05) is 11.9 Å². The number of rotatable bonds is 9. The molecule has 0 amide bonds. The summed E-state index contributed by atoms with van der Waals surface area (Å²) in [7, 11) is 0. The van der Waals surface area contributed by atoms with Gasteiger partial charge in [0, 0.05) is 16.6 Å². The summed E-state index contributed by atoms with van der Waals surface area (Å²) in [5.41, 5.74) is 4.57. The SMILES string of the molecule is CCCCCCOc1ccc(Nc2ncnc3scc(-c4ccc(C)cc4)c23)cc1. The Hall–Kier alpha value is -2.92. The Kier molecular flexibility index (Phi) is 6.60. The van der Waals surface area contributed by atoms with Crippen LogP contribution >= 0.6 is 11.3 Å². The van der Waals surface area contributed by atoms with Gasteiger partial charge in [-0.15, -0.1) is 11.3 Å². The first-order valence-electron chi connectivity index (χ1n) is 10.5. The van der Waals surface area contributed by atoms with Crippen LogP contribution in [0.25, 0.3) is 21.3 Å². The molecular formula is C25H27N3OS. The first-order valence-corrected chi connectivity index (χ1v) is 11.4. The molecular weight excluding hydrogens is 390 g/mol. The van der Waals surface area contributed by atoms with E-state index in [-0.39, 0.29) is 0 Å². The van der Waals surface area contributed by atoms with Crippen molar-refractivity contribution < 1.29 is 4.74 Å². The minimum Gasteiger partial charge on any atom is -0.494 e. The van der Waals surface area contributed by atoms with Gasteiger partial charge in [0.2, 0.25) is 0 Å². The lowest BCUT2D eigenvalue weighted by Gasteiger charge is -2.10. The Morgan fingerprint density at radius 3 is 2.50 bits per heavy atom. The molecule has 154 valence electrons. The second kappa shape index (κ2) is 9.72. The molecule has 0 spiro atoms. The molecule has 2 heterocycles. The zero-order chi connectivity index (χ0) is 20.8. The van der Waals surface area contributed by atoms with Gasteiger partial charge in [-0.1, -0.05) is 56.0 Å². The Bertz CT molecular complexity index is 1090. The van der Waals surface area contributed by atoms with Crippen molar-refractivity contribution in [3.8, 4) is 16.9 Å². The number of aromatic nitrogens is 2. The maximum Gasteiger partial charge on any atom is 0.143 e. The lowest BCUT2D eigenvalue weighted by atomic mass is 10.0. The Balaban J connectivity index is 1.51. The number of unbranched alkanes of at least 4 members (excludes halogenated alkanes) is 3. The number of hydrogen-bond acceptors (Lipinski definition) is 5. The summed E-state index contributed by atoms with van der Waals surface area (Å²) in [6.45, 7) is 5.09. The second-order valence-corrected chi connectivity index (χ2v) is 8.33. The average Bonchev–Trinajstić information content (AvgIpc) is 3.21. The van der Waals surface area contributed by atoms with E-state index in [2.05, 4.69) is 58.8 Å². The highest BCUT2D eigenvalue weighted by atomic mass is 32.1. The number of thiophene rings is 1. The highest BCUT2D eigenvalue weighted by Gasteiger charge is 2.13. The lowest BCUT2D eigenvalue weighted by molar-refractivity contribution is 0.305. The van der Waals surface area contributed by atoms with Crippen LogP contribution in [0.5, 0.6) is 5.75 Å². The van der Waals surface area contributed by atoms with E-state index in [9.17, 15) is 0 Å². The van der Waals surface area contributed by atoms with Gasteiger partial charge in [-0.2, -0.15) is 0 Å². The molecule has 0 atom stereocenters. The van der Waals surface area contributed by atoms with Crippen molar-refractivity contribution in [2.45, 2.75) is 39.5 Å². The molecule has 0 bridgehead atoms. The first kappa shape index (κ1) is 20.4. The summed E-state index contributed by atoms with van der Waals surface area (Å²) >= 11 is 1.64. The molecule has 1 N–H and O–H groups in total. The van der Waals surface area contributed by atoms with Crippen LogP contribution < -0.4 is 10.1 Å². The number of aryl methyl sites for hydroxylation is 1. The van der Waals surface area contributed by atoms with Crippen LogP contribution in [0.4, 0.5) is 11.5 Å². The predicted molar refractivity (Wildman–Crippen MR) is 127 cm³/mol. The molecule has 0 saturated heterocycles. The van der Waals surface area contributed by atoms with Gasteiger partial charge < -0.3 is 10.1 Å². The van der Waals surface area contributed by atoms with E-state index in [4.69, 9.17) is 4.74 Å². The maximum atomic E-state index is 5.85. The zero-order valence-electron chi connectivity index (χ0n) is 17.5. The van der Waals surface area contributed by atoms with Crippen molar-refractivity contribution in [1.82, 2.24) is 9.97 Å². The molecule has 4 rings (SSSR count). The summed E-state index contributed by atoms with van der Waals surface area (Å²) < 4.78 is 5.85. The molecule has 2 aromatic carbocycles. The minimum absolute atomic E-state index is 0.772. The van der Waals surface area contributed by atoms with Gasteiger partial charge in [0.05, 0.1) is 12.0 Å². The van der Waals surface area contributed by atoms with Crippen LogP contribution in [0, 0.1) is 6.92 Å². The van der Waals surface area contributed by atoms with Gasteiger partial charge in [-0.25, -0.2) is 9.97 Å². The fourth-order valence-corrected chi connectivity index (χ4v) is 4.32. The van der Waals surface area contributed by atoms with Gasteiger partial charge in [0.15, 0.2) is 0 Å². The summed E-state index contributed by atoms with van der Waals surface area (Å²) in [6, 6.07) is 16.7. The molecule has 0 radical (unpaired) electrons. The largest absolute Gasteiger partial charge is 0.494 e. The molecule has 0 aliphatic carbocycles. The third kappa shape index (κ3) is 4.79. The number of anilines is 2. The number of ether oxygens (including phenoxy) is 1. The van der Waals surface area contributed by atoms with Crippen LogP contribution in [0.2, 0.25) is 0 Å². The topological polar surface area (TPSA) is 47.0 Å². The molecule has 2 aromatic heterocycles. The van der Waals surface area contributed by atoms with Gasteiger partial charge in [0.1, 0.15) is 22.7 Å². The Morgan fingerprint density at radius 2 is 1.73 bits per heavy atom. The minimum atomic E-state index is 0.772. The van der Waals surface area contributed by atoms with Crippen LogP contribution in [-0.2, 0) is 0 Å². The van der Waals surface area contributed by atoms with Crippen molar-refractivity contribution in [3.05, 3.63) is 65.8 Å². The van der Waals surface area contributed by atoms with Crippen molar-refractivity contribution in [1.29, 1.82) is 0 Å². The first-order chi connectivity index (χ1) is 14.7. The van der Waals surface area contributed by atoms with Crippen LogP contribution in [-0.4, -0.2) is 16.6 Å². The number of nitrogens with zero attached hydrogens (tertiary/aromatic N) is 2. The van der Waals surface area contributed by atoms with E-state index in [1.807, 2.05) is 24.3 Å². The third-order valence-corrected chi connectivity index (χ3v) is 6.00. The smallest absolute Gasteiger partial charge is 0.143 e. The van der Waals surface area contributed by atoms with Gasteiger partial charge in [-0.05, 0) is 43.2 Å². The Morgan fingerprint density at radius 1 is 0.933 bits per heavy atom. The number of nitrogens with one attached hydrogen (secondary N) is 1. The molecule has 0 fully saturated rings. The van der Waals surface area contributed by atoms with Crippen LogP contribution in [0.15, 0.2) is 60.2 Å². The molecule has 0 aliphatic rings. The van der Waals surface area contributed by atoms with E-state index < -0.39 is 0 Å². The third-order valence-electron chi connectivity index (χ3n) is 5.12. The lowest BCUT2D eigenvalue weighted by Crippen LogP contribution is -1.98. The summed E-state index contributed by atoms with van der Waals surface area (Å²) in [5, 5.41) is 6.68. The highest BCUT2D eigenvalue weighted by molar-refractivity contribution is 7.17. The van der Waals surface area contributed by atoms with E-state index >= 15 is 0 Å². The monoisotopic (exact) mass is 417 g/mol. The maximum absolute atomic E-state index is 5.85. The highest BCUT2D eigenvalue weighted by Crippen LogP contribution is 2.37. The number of hydrogen-bond donors (Lipinski definition) is 1. The quantitative estimate of drug-likeness (QED) is 0.289. The number of fused-ring (bicyclic) bond motifs is 1. The van der Waals surface area contributed by atoms with E-state index in [0.717, 1.165) is 46.1 Å². The Labute approximate surface area is 182 Å². The van der Waals surface area contributed by atoms with E-state index in [0.29, 0.717) is 0 Å². The van der Waals surface area contributed by atoms with Crippen LogP contribution in [0.1, 0.15) is 38.2 Å². The normalized spacial score (nSPS) is 11.0. The fraction of sp³-hybridized carbons (Fsp3) is 0.280. The van der Waals surface area contributed by atoms with E-state index in [1.54, 1.807) is 17.7 Å². The number of benzene rings is 2. The molecule has 0 saturated carbocycles. The van der Waals surface area contributed by atoms with Gasteiger partial charge in [-0.3, -0.25) is 0 Å². The predicted octanol–water partition coefficient (Wildman–Crippen LogP) is 7.37. The van der Waals surface area contributed by atoms with Gasteiger partial charge in [0.25, 0.3) is 0 Å².